The molecule has 1 aromatic carbocycles. The van der Waals surface area contributed by atoms with Gasteiger partial charge >= 0.3 is 0 Å². The summed E-state index contributed by atoms with van der Waals surface area (Å²) in [5.41, 5.74) is 1.14. The molecule has 1 atom stereocenters. The van der Waals surface area contributed by atoms with Gasteiger partial charge < -0.3 is 4.90 Å². The van der Waals surface area contributed by atoms with Gasteiger partial charge in [0.25, 0.3) is 0 Å². The molecular weight excluding hydrogens is 236 g/mol. The molecule has 0 bridgehead atoms. The van der Waals surface area contributed by atoms with Gasteiger partial charge in [0.2, 0.25) is 0 Å². The molecule has 19 heavy (non-hydrogen) atoms. The van der Waals surface area contributed by atoms with Crippen molar-refractivity contribution < 1.29 is 4.79 Å². The lowest BCUT2D eigenvalue weighted by Crippen LogP contribution is -2.27. The van der Waals surface area contributed by atoms with Gasteiger partial charge in [0.15, 0.2) is 0 Å². The molecule has 0 spiro atoms. The van der Waals surface area contributed by atoms with Gasteiger partial charge in [-0.05, 0) is 31.4 Å². The lowest BCUT2D eigenvalue weighted by Gasteiger charge is -2.25. The SMILES string of the molecule is N#CCCN(CCC1CCCC1=O)c1ccccc1. The zero-order valence-electron chi connectivity index (χ0n) is 11.2. The van der Waals surface area contributed by atoms with E-state index in [-0.39, 0.29) is 5.92 Å². The molecule has 0 aliphatic heterocycles. The Labute approximate surface area is 114 Å². The van der Waals surface area contributed by atoms with Crippen molar-refractivity contribution in [3.05, 3.63) is 30.3 Å². The van der Waals surface area contributed by atoms with Crippen molar-refractivity contribution in [1.29, 1.82) is 5.26 Å². The quantitative estimate of drug-likeness (QED) is 0.785. The number of carbonyl (C=O) groups excluding carboxylic acids is 1. The second-order valence-electron chi connectivity index (χ2n) is 5.07. The van der Waals surface area contributed by atoms with Gasteiger partial charge in [0, 0.05) is 31.1 Å². The number of benzene rings is 1. The van der Waals surface area contributed by atoms with E-state index in [0.29, 0.717) is 12.2 Å². The molecule has 3 heteroatoms. The fourth-order valence-electron chi connectivity index (χ4n) is 2.70. The van der Waals surface area contributed by atoms with E-state index in [0.717, 1.165) is 44.5 Å². The van der Waals surface area contributed by atoms with Crippen LogP contribution in [0.15, 0.2) is 30.3 Å². The molecule has 2 rings (SSSR count). The van der Waals surface area contributed by atoms with Crippen molar-refractivity contribution in [1.82, 2.24) is 0 Å². The lowest BCUT2D eigenvalue weighted by molar-refractivity contribution is -0.120. The van der Waals surface area contributed by atoms with Crippen LogP contribution in [0.4, 0.5) is 5.69 Å². The Balaban J connectivity index is 1.94. The Morgan fingerprint density at radius 1 is 1.26 bits per heavy atom. The molecule has 0 heterocycles. The zero-order chi connectivity index (χ0) is 13.5. The molecule has 0 saturated heterocycles. The number of hydrogen-bond acceptors (Lipinski definition) is 3. The Hall–Kier alpha value is -1.82. The number of carbonyl (C=O) groups is 1. The van der Waals surface area contributed by atoms with Crippen LogP contribution in [0.25, 0.3) is 0 Å². The summed E-state index contributed by atoms with van der Waals surface area (Å²) in [5.74, 6) is 0.668. The zero-order valence-corrected chi connectivity index (χ0v) is 11.2. The van der Waals surface area contributed by atoms with E-state index < -0.39 is 0 Å². The predicted octanol–water partition coefficient (Wildman–Crippen LogP) is 3.17. The minimum atomic E-state index is 0.244. The van der Waals surface area contributed by atoms with Crippen molar-refractivity contribution in [2.45, 2.75) is 32.1 Å². The molecule has 1 saturated carbocycles. The molecule has 0 amide bonds. The van der Waals surface area contributed by atoms with E-state index in [1.54, 1.807) is 0 Å². The Morgan fingerprint density at radius 3 is 2.68 bits per heavy atom. The van der Waals surface area contributed by atoms with Gasteiger partial charge in [-0.15, -0.1) is 0 Å². The highest BCUT2D eigenvalue weighted by Crippen LogP contribution is 2.25. The predicted molar refractivity (Wildman–Crippen MR) is 75.9 cm³/mol. The van der Waals surface area contributed by atoms with Crippen molar-refractivity contribution in [2.75, 3.05) is 18.0 Å². The van der Waals surface area contributed by atoms with Gasteiger partial charge in [-0.3, -0.25) is 4.79 Å². The first-order chi connectivity index (χ1) is 9.31. The van der Waals surface area contributed by atoms with Gasteiger partial charge in [-0.25, -0.2) is 0 Å². The fraction of sp³-hybridized carbons (Fsp3) is 0.500. The molecule has 1 fully saturated rings. The maximum absolute atomic E-state index is 11.7. The highest BCUT2D eigenvalue weighted by atomic mass is 16.1. The summed E-state index contributed by atoms with van der Waals surface area (Å²) >= 11 is 0. The number of ketones is 1. The molecule has 1 aromatic rings. The van der Waals surface area contributed by atoms with E-state index in [1.807, 2.05) is 18.2 Å². The van der Waals surface area contributed by atoms with Gasteiger partial charge in [-0.1, -0.05) is 18.2 Å². The summed E-state index contributed by atoms with van der Waals surface area (Å²) in [4.78, 5) is 13.9. The Morgan fingerprint density at radius 2 is 2.05 bits per heavy atom. The molecule has 1 unspecified atom stereocenters. The first kappa shape index (κ1) is 13.6. The summed E-state index contributed by atoms with van der Waals surface area (Å²) < 4.78 is 0. The van der Waals surface area contributed by atoms with Crippen molar-refractivity contribution in [3.63, 3.8) is 0 Å². The second kappa shape index (κ2) is 6.94. The summed E-state index contributed by atoms with van der Waals surface area (Å²) in [6, 6.07) is 12.3. The number of anilines is 1. The Kier molecular flexibility index (Phi) is 4.97. The maximum atomic E-state index is 11.7. The number of hydrogen-bond donors (Lipinski definition) is 0. The van der Waals surface area contributed by atoms with Gasteiger partial charge in [-0.2, -0.15) is 5.26 Å². The second-order valence-corrected chi connectivity index (χ2v) is 5.07. The van der Waals surface area contributed by atoms with Crippen LogP contribution in [0.2, 0.25) is 0 Å². The summed E-state index contributed by atoms with van der Waals surface area (Å²) in [7, 11) is 0. The third kappa shape index (κ3) is 3.82. The summed E-state index contributed by atoms with van der Waals surface area (Å²) in [6.07, 6.45) is 4.29. The van der Waals surface area contributed by atoms with Crippen LogP contribution in [0.3, 0.4) is 0 Å². The monoisotopic (exact) mass is 256 g/mol. The Bertz CT molecular complexity index is 450. The lowest BCUT2D eigenvalue weighted by atomic mass is 10.0. The van der Waals surface area contributed by atoms with Crippen LogP contribution in [0, 0.1) is 17.2 Å². The number of para-hydroxylation sites is 1. The van der Waals surface area contributed by atoms with Crippen LogP contribution < -0.4 is 4.90 Å². The van der Waals surface area contributed by atoms with Crippen LogP contribution in [-0.4, -0.2) is 18.9 Å². The largest absolute Gasteiger partial charge is 0.370 e. The number of rotatable bonds is 6. The number of nitriles is 1. The molecular formula is C16H20N2O. The van der Waals surface area contributed by atoms with Crippen LogP contribution >= 0.6 is 0 Å². The minimum Gasteiger partial charge on any atom is -0.370 e. The highest BCUT2D eigenvalue weighted by Gasteiger charge is 2.24. The standard InChI is InChI=1S/C16H20N2O/c17-11-5-12-18(15-7-2-1-3-8-15)13-10-14-6-4-9-16(14)19/h1-3,7-8,14H,4-6,9-10,12-13H2. The third-order valence-corrected chi connectivity index (χ3v) is 3.79. The molecule has 3 nitrogen and oxygen atoms in total. The van der Waals surface area contributed by atoms with Crippen molar-refractivity contribution in [3.8, 4) is 6.07 Å². The highest BCUT2D eigenvalue weighted by molar-refractivity contribution is 5.82. The van der Waals surface area contributed by atoms with E-state index in [1.165, 1.54) is 0 Å². The smallest absolute Gasteiger partial charge is 0.136 e. The summed E-state index contributed by atoms with van der Waals surface area (Å²) in [6.45, 7) is 1.60. The van der Waals surface area contributed by atoms with E-state index in [2.05, 4.69) is 23.1 Å². The average Bonchev–Trinajstić information content (AvgIpc) is 2.85. The fourth-order valence-corrected chi connectivity index (χ4v) is 2.70. The van der Waals surface area contributed by atoms with E-state index in [4.69, 9.17) is 5.26 Å². The molecule has 0 N–H and O–H groups in total. The molecule has 1 aliphatic rings. The first-order valence-electron chi connectivity index (χ1n) is 7.01. The maximum Gasteiger partial charge on any atom is 0.136 e. The van der Waals surface area contributed by atoms with Crippen molar-refractivity contribution in [2.24, 2.45) is 5.92 Å². The third-order valence-electron chi connectivity index (χ3n) is 3.79. The minimum absolute atomic E-state index is 0.244. The number of Topliss-reactive ketones (excluding diaryl/α,β-unsaturated/α-hetero) is 1. The molecule has 0 radical (unpaired) electrons. The molecule has 0 aromatic heterocycles. The average molecular weight is 256 g/mol. The van der Waals surface area contributed by atoms with E-state index in [9.17, 15) is 4.79 Å². The summed E-state index contributed by atoms with van der Waals surface area (Å²) in [5, 5.41) is 8.75. The molecule has 100 valence electrons. The van der Waals surface area contributed by atoms with Crippen LogP contribution in [0.1, 0.15) is 32.1 Å². The normalized spacial score (nSPS) is 18.3. The van der Waals surface area contributed by atoms with Gasteiger partial charge in [0.05, 0.1) is 12.5 Å². The number of nitrogens with zero attached hydrogens (tertiary/aromatic N) is 2. The molecule has 1 aliphatic carbocycles. The first-order valence-corrected chi connectivity index (χ1v) is 7.01. The van der Waals surface area contributed by atoms with Crippen LogP contribution in [-0.2, 0) is 4.79 Å². The topological polar surface area (TPSA) is 44.1 Å². The van der Waals surface area contributed by atoms with Crippen LogP contribution in [0.5, 0.6) is 0 Å². The van der Waals surface area contributed by atoms with E-state index >= 15 is 0 Å². The van der Waals surface area contributed by atoms with Gasteiger partial charge in [0.1, 0.15) is 5.78 Å². The van der Waals surface area contributed by atoms with Crippen molar-refractivity contribution >= 4 is 11.5 Å².